The normalized spacial score (nSPS) is 18.7. The second-order valence-corrected chi connectivity index (χ2v) is 14.3. The topological polar surface area (TPSA) is 197 Å². The number of nitrogens with two attached hydrogens (primary N) is 1. The van der Waals surface area contributed by atoms with E-state index >= 15 is 0 Å². The highest BCUT2D eigenvalue weighted by Gasteiger charge is 2.45. The van der Waals surface area contributed by atoms with Crippen molar-refractivity contribution in [1.29, 1.82) is 0 Å². The number of nitrogens with zero attached hydrogens (tertiary/aromatic N) is 6. The Balaban J connectivity index is 0.000000168. The van der Waals surface area contributed by atoms with Gasteiger partial charge in [0.05, 0.1) is 22.2 Å². The molecule has 3 fully saturated rings. The minimum atomic E-state index is -0.956. The molecule has 56 heavy (non-hydrogen) atoms. The van der Waals surface area contributed by atoms with Gasteiger partial charge in [-0.3, -0.25) is 34.5 Å². The van der Waals surface area contributed by atoms with Crippen molar-refractivity contribution in [1.82, 2.24) is 40.2 Å². The van der Waals surface area contributed by atoms with E-state index in [0.29, 0.717) is 35.7 Å². The fourth-order valence-electron chi connectivity index (χ4n) is 7.83. The van der Waals surface area contributed by atoms with Crippen molar-refractivity contribution in [2.45, 2.75) is 56.9 Å². The van der Waals surface area contributed by atoms with Crippen molar-refractivity contribution >= 4 is 46.5 Å². The van der Waals surface area contributed by atoms with E-state index in [9.17, 15) is 24.0 Å². The van der Waals surface area contributed by atoms with Gasteiger partial charge in [-0.1, -0.05) is 24.3 Å². The number of ether oxygens (including phenoxy) is 1. The number of benzene rings is 3. The van der Waals surface area contributed by atoms with Crippen LogP contribution in [0.25, 0.3) is 22.3 Å². The monoisotopic (exact) mass is 755 g/mol. The molecule has 0 spiro atoms. The van der Waals surface area contributed by atoms with Gasteiger partial charge in [-0.05, 0) is 98.5 Å². The van der Waals surface area contributed by atoms with E-state index in [1.807, 2.05) is 70.5 Å². The number of nitrogen functional groups attached to an aromatic ring is 1. The molecule has 3 saturated heterocycles. The van der Waals surface area contributed by atoms with Crippen LogP contribution in [-0.2, 0) is 9.59 Å². The number of H-pyrrole nitrogens is 1. The molecule has 286 valence electrons. The number of carbonyl (C=O) groups excluding carboxylic acids is 5. The first-order valence-electron chi connectivity index (χ1n) is 18.9. The molecular formula is C41H41N9O6. The van der Waals surface area contributed by atoms with Crippen LogP contribution in [0.2, 0.25) is 0 Å². The summed E-state index contributed by atoms with van der Waals surface area (Å²) in [5, 5.41) is 10.1. The molecule has 15 heteroatoms. The minimum absolute atomic E-state index is 0.101. The minimum Gasteiger partial charge on any atom is -0.457 e. The van der Waals surface area contributed by atoms with Crippen LogP contribution in [0.3, 0.4) is 0 Å². The van der Waals surface area contributed by atoms with Gasteiger partial charge in [-0.15, -0.1) is 0 Å². The van der Waals surface area contributed by atoms with Gasteiger partial charge < -0.3 is 20.3 Å². The molecule has 0 aliphatic carbocycles. The van der Waals surface area contributed by atoms with Crippen LogP contribution < -0.4 is 15.8 Å². The zero-order valence-electron chi connectivity index (χ0n) is 30.6. The average Bonchev–Trinajstić information content (AvgIpc) is 3.78. The summed E-state index contributed by atoms with van der Waals surface area (Å²) in [6.07, 6.45) is 6.58. The van der Waals surface area contributed by atoms with E-state index in [-0.39, 0.29) is 30.7 Å². The molecule has 1 atom stereocenters. The lowest BCUT2D eigenvalue weighted by Crippen LogP contribution is -2.54. The number of aromatic nitrogens is 4. The summed E-state index contributed by atoms with van der Waals surface area (Å²) in [5.74, 6) is 0.198. The maximum atomic E-state index is 13.1. The number of imide groups is 2. The quantitative estimate of drug-likeness (QED) is 0.199. The standard InChI is InChI=1S/C24H28N4O5.C17H13N5O/c29-20-7-6-19(21(30)25-20)28-22(31)17-5-4-16(14-18(17)23(28)32)15-8-12-27(13-9-15)24(33)26-10-2-1-3-11-26;18-16-14-15(21-22-17(14)20-10-19-16)11-6-8-13(9-7-11)23-12-4-2-1-3-5-12/h4-5,14-15,19H,1-3,6-13H2,(H,25,29,30);1-10H,(H3,18,19,20,21,22). The lowest BCUT2D eigenvalue weighted by atomic mass is 9.88. The third-order valence-electron chi connectivity index (χ3n) is 10.8. The summed E-state index contributed by atoms with van der Waals surface area (Å²) in [6, 6.07) is 21.8. The number of amides is 6. The first-order valence-corrected chi connectivity index (χ1v) is 18.9. The molecule has 9 rings (SSSR count). The molecule has 4 aliphatic rings. The van der Waals surface area contributed by atoms with Gasteiger partial charge in [0.25, 0.3) is 11.8 Å². The number of hydrogen-bond donors (Lipinski definition) is 3. The average molecular weight is 756 g/mol. The highest BCUT2D eigenvalue weighted by Crippen LogP contribution is 2.35. The van der Waals surface area contributed by atoms with E-state index in [1.165, 1.54) is 12.7 Å². The van der Waals surface area contributed by atoms with E-state index in [1.54, 1.807) is 12.1 Å². The van der Waals surface area contributed by atoms with Gasteiger partial charge in [-0.25, -0.2) is 14.8 Å². The number of fused-ring (bicyclic) bond motifs is 2. The van der Waals surface area contributed by atoms with Crippen molar-refractivity contribution in [3.63, 3.8) is 0 Å². The molecular weight excluding hydrogens is 715 g/mol. The lowest BCUT2D eigenvalue weighted by molar-refractivity contribution is -0.136. The van der Waals surface area contributed by atoms with Crippen molar-refractivity contribution < 1.29 is 28.7 Å². The Hall–Kier alpha value is -6.64. The number of anilines is 1. The molecule has 5 aromatic rings. The Labute approximate surface area is 322 Å². The Bertz CT molecular complexity index is 2300. The Morgan fingerprint density at radius 1 is 0.768 bits per heavy atom. The summed E-state index contributed by atoms with van der Waals surface area (Å²) >= 11 is 0. The van der Waals surface area contributed by atoms with Gasteiger partial charge in [0, 0.05) is 38.2 Å². The largest absolute Gasteiger partial charge is 0.457 e. The van der Waals surface area contributed by atoms with Crippen LogP contribution in [0.4, 0.5) is 10.6 Å². The Morgan fingerprint density at radius 3 is 2.20 bits per heavy atom. The molecule has 0 saturated carbocycles. The van der Waals surface area contributed by atoms with Crippen LogP contribution in [0, 0.1) is 0 Å². The zero-order chi connectivity index (χ0) is 38.8. The molecule has 2 aromatic heterocycles. The van der Waals surface area contributed by atoms with E-state index in [2.05, 4.69) is 25.5 Å². The zero-order valence-corrected chi connectivity index (χ0v) is 30.6. The predicted molar refractivity (Wildman–Crippen MR) is 206 cm³/mol. The fourth-order valence-corrected chi connectivity index (χ4v) is 7.83. The fraction of sp³-hybridized carbons (Fsp3) is 0.317. The first-order chi connectivity index (χ1) is 27.2. The molecule has 6 heterocycles. The van der Waals surface area contributed by atoms with Crippen LogP contribution in [0.1, 0.15) is 77.1 Å². The van der Waals surface area contributed by atoms with Crippen molar-refractivity contribution in [2.24, 2.45) is 0 Å². The van der Waals surface area contributed by atoms with Crippen LogP contribution in [0.15, 0.2) is 79.1 Å². The number of piperidine rings is 3. The van der Waals surface area contributed by atoms with Gasteiger partial charge in [0.15, 0.2) is 5.65 Å². The molecule has 4 N–H and O–H groups in total. The Kier molecular flexibility index (Phi) is 10.1. The molecule has 0 bridgehead atoms. The van der Waals surface area contributed by atoms with Crippen molar-refractivity contribution in [3.8, 4) is 22.8 Å². The molecule has 4 aliphatic heterocycles. The number of urea groups is 1. The smallest absolute Gasteiger partial charge is 0.319 e. The Morgan fingerprint density at radius 2 is 1.46 bits per heavy atom. The summed E-state index contributed by atoms with van der Waals surface area (Å²) in [7, 11) is 0. The van der Waals surface area contributed by atoms with Gasteiger partial charge >= 0.3 is 6.03 Å². The lowest BCUT2D eigenvalue weighted by Gasteiger charge is -2.37. The number of aromatic amines is 1. The second kappa shape index (κ2) is 15.6. The molecule has 6 amide bonds. The number of rotatable bonds is 5. The summed E-state index contributed by atoms with van der Waals surface area (Å²) in [5.41, 5.74) is 9.81. The molecule has 1 unspecified atom stereocenters. The van der Waals surface area contributed by atoms with Crippen molar-refractivity contribution in [2.75, 3.05) is 31.9 Å². The molecule has 15 nitrogen and oxygen atoms in total. The highest BCUT2D eigenvalue weighted by atomic mass is 16.5. The second-order valence-electron chi connectivity index (χ2n) is 14.3. The van der Waals surface area contributed by atoms with Crippen molar-refractivity contribution in [3.05, 3.63) is 95.8 Å². The maximum absolute atomic E-state index is 13.1. The predicted octanol–water partition coefficient (Wildman–Crippen LogP) is 5.27. The SMILES string of the molecule is Nc1ncnc2n[nH]c(-c3ccc(Oc4ccccc4)cc3)c12.O=C1CCC(N2C(=O)c3ccc(C4CCN(C(=O)N5CCCCC5)CC4)cc3C2=O)C(=O)N1. The number of carbonyl (C=O) groups is 5. The summed E-state index contributed by atoms with van der Waals surface area (Å²) < 4.78 is 5.79. The van der Waals surface area contributed by atoms with Gasteiger partial charge in [0.1, 0.15) is 29.7 Å². The van der Waals surface area contributed by atoms with Crippen LogP contribution in [0.5, 0.6) is 11.5 Å². The van der Waals surface area contributed by atoms with E-state index < -0.39 is 23.8 Å². The van der Waals surface area contributed by atoms with Crippen LogP contribution >= 0.6 is 0 Å². The number of likely N-dealkylation sites (tertiary alicyclic amines) is 2. The summed E-state index contributed by atoms with van der Waals surface area (Å²) in [4.78, 5) is 75.4. The number of para-hydroxylation sites is 1. The van der Waals surface area contributed by atoms with Crippen LogP contribution in [-0.4, -0.2) is 96.7 Å². The molecule has 3 aromatic carbocycles. The van der Waals surface area contributed by atoms with Gasteiger partial charge in [0.2, 0.25) is 11.8 Å². The first kappa shape index (κ1) is 36.3. The number of hydrogen-bond acceptors (Lipinski definition) is 10. The van der Waals surface area contributed by atoms with Gasteiger partial charge in [-0.2, -0.15) is 5.10 Å². The third kappa shape index (κ3) is 7.27. The number of nitrogens with one attached hydrogen (secondary N) is 2. The van der Waals surface area contributed by atoms with E-state index in [0.717, 1.165) is 77.4 Å². The maximum Gasteiger partial charge on any atom is 0.319 e. The highest BCUT2D eigenvalue weighted by molar-refractivity contribution is 6.23. The summed E-state index contributed by atoms with van der Waals surface area (Å²) in [6.45, 7) is 3.02. The third-order valence-corrected chi connectivity index (χ3v) is 10.8. The molecule has 0 radical (unpaired) electrons. The van der Waals surface area contributed by atoms with E-state index in [4.69, 9.17) is 10.5 Å².